The van der Waals surface area contributed by atoms with Gasteiger partial charge in [0.25, 0.3) is 0 Å². The summed E-state index contributed by atoms with van der Waals surface area (Å²) in [6, 6.07) is 10.3. The van der Waals surface area contributed by atoms with Gasteiger partial charge in [-0.25, -0.2) is 15.0 Å². The van der Waals surface area contributed by atoms with Crippen LogP contribution in [0.1, 0.15) is 12.8 Å². The highest BCUT2D eigenvalue weighted by atomic mass is 32.2. The fraction of sp³-hybridized carbons (Fsp3) is 0.381. The highest BCUT2D eigenvalue weighted by molar-refractivity contribution is 7.98. The monoisotopic (exact) mass is 410 g/mol. The van der Waals surface area contributed by atoms with Crippen molar-refractivity contribution in [2.45, 2.75) is 24.0 Å². The Labute approximate surface area is 175 Å². The smallest absolute Gasteiger partial charge is 0.223 e. The van der Waals surface area contributed by atoms with E-state index < -0.39 is 0 Å². The van der Waals surface area contributed by atoms with E-state index in [1.54, 1.807) is 18.9 Å². The summed E-state index contributed by atoms with van der Waals surface area (Å²) in [5, 5.41) is 7.82. The number of thioether (sulfide) groups is 1. The summed E-state index contributed by atoms with van der Waals surface area (Å²) in [4.78, 5) is 14.1. The van der Waals surface area contributed by atoms with Crippen molar-refractivity contribution in [1.29, 1.82) is 0 Å². The maximum atomic E-state index is 5.41. The van der Waals surface area contributed by atoms with Crippen LogP contribution in [0.4, 0.5) is 5.95 Å². The Kier molecular flexibility index (Phi) is 6.01. The average Bonchev–Trinajstić information content (AvgIpc) is 3.11. The molecule has 3 aromatic rings. The van der Waals surface area contributed by atoms with Gasteiger partial charge in [0.1, 0.15) is 5.75 Å². The van der Waals surface area contributed by atoms with Gasteiger partial charge < -0.3 is 19.9 Å². The number of anilines is 1. The molecule has 1 aromatic carbocycles. The topological polar surface area (TPSA) is 76.9 Å². The van der Waals surface area contributed by atoms with Crippen LogP contribution in [0.2, 0.25) is 0 Å². The molecular formula is C21H26N6OS. The summed E-state index contributed by atoms with van der Waals surface area (Å²) < 4.78 is 7.50. The standard InChI is InChI=1S/C21H26N6OS/c1-27-19(17-9-11-23-20(25-17)24-15-7-5-10-22-13-15)18(26-21(27)29-3)14-6-4-8-16(12-14)28-2/h4,6,8-9,11-12,15,22H,5,7,10,13H2,1-3H3,(H,23,24,25)/t15-/m1/s1. The Morgan fingerprint density at radius 3 is 2.93 bits per heavy atom. The van der Waals surface area contributed by atoms with Crippen LogP contribution in [0.5, 0.6) is 5.75 Å². The molecule has 2 aromatic heterocycles. The molecule has 1 atom stereocenters. The number of ether oxygens (including phenoxy) is 1. The minimum absolute atomic E-state index is 0.352. The Morgan fingerprint density at radius 2 is 2.17 bits per heavy atom. The van der Waals surface area contributed by atoms with Crippen molar-refractivity contribution in [2.24, 2.45) is 7.05 Å². The lowest BCUT2D eigenvalue weighted by Gasteiger charge is -2.23. The van der Waals surface area contributed by atoms with Gasteiger partial charge >= 0.3 is 0 Å². The van der Waals surface area contributed by atoms with Gasteiger partial charge in [-0.1, -0.05) is 23.9 Å². The number of nitrogens with zero attached hydrogens (tertiary/aromatic N) is 4. The van der Waals surface area contributed by atoms with Crippen molar-refractivity contribution in [1.82, 2.24) is 24.8 Å². The third-order valence-corrected chi connectivity index (χ3v) is 5.84. The summed E-state index contributed by atoms with van der Waals surface area (Å²) in [6.45, 7) is 2.01. The molecule has 0 aliphatic carbocycles. The molecule has 0 spiro atoms. The predicted octanol–water partition coefficient (Wildman–Crippen LogP) is 3.44. The maximum Gasteiger partial charge on any atom is 0.223 e. The van der Waals surface area contributed by atoms with E-state index in [0.717, 1.165) is 59.5 Å². The van der Waals surface area contributed by atoms with Crippen molar-refractivity contribution in [3.05, 3.63) is 36.5 Å². The zero-order valence-electron chi connectivity index (χ0n) is 17.0. The minimum atomic E-state index is 0.352. The zero-order valence-corrected chi connectivity index (χ0v) is 17.8. The van der Waals surface area contributed by atoms with E-state index in [-0.39, 0.29) is 0 Å². The molecule has 0 unspecified atom stereocenters. The highest BCUT2D eigenvalue weighted by Gasteiger charge is 2.20. The largest absolute Gasteiger partial charge is 0.497 e. The average molecular weight is 411 g/mol. The lowest BCUT2D eigenvalue weighted by Crippen LogP contribution is -2.38. The molecule has 1 fully saturated rings. The molecule has 1 aliphatic rings. The van der Waals surface area contributed by atoms with Crippen molar-refractivity contribution < 1.29 is 4.74 Å². The van der Waals surface area contributed by atoms with Crippen LogP contribution in [0.25, 0.3) is 22.6 Å². The molecule has 2 N–H and O–H groups in total. The number of imidazole rings is 1. The molecule has 3 heterocycles. The first-order chi connectivity index (χ1) is 14.2. The lowest BCUT2D eigenvalue weighted by atomic mass is 10.1. The van der Waals surface area contributed by atoms with E-state index in [4.69, 9.17) is 14.7 Å². The van der Waals surface area contributed by atoms with E-state index in [1.165, 1.54) is 0 Å². The first-order valence-corrected chi connectivity index (χ1v) is 11.0. The molecule has 0 radical (unpaired) electrons. The Balaban J connectivity index is 1.74. The summed E-state index contributed by atoms with van der Waals surface area (Å²) >= 11 is 1.62. The Hall–Kier alpha value is -2.58. The van der Waals surface area contributed by atoms with Crippen molar-refractivity contribution in [2.75, 3.05) is 31.8 Å². The van der Waals surface area contributed by atoms with Crippen LogP contribution >= 0.6 is 11.8 Å². The van der Waals surface area contributed by atoms with Gasteiger partial charge in [-0.05, 0) is 43.8 Å². The Morgan fingerprint density at radius 1 is 1.28 bits per heavy atom. The molecule has 0 amide bonds. The maximum absolute atomic E-state index is 5.41. The van der Waals surface area contributed by atoms with E-state index >= 15 is 0 Å². The fourth-order valence-corrected chi connectivity index (χ4v) is 4.19. The SMILES string of the molecule is COc1cccc(-c2nc(SC)n(C)c2-c2ccnc(N[C@@H]3CCCNC3)n2)c1. The van der Waals surface area contributed by atoms with Gasteiger partial charge in [0.05, 0.1) is 24.2 Å². The zero-order chi connectivity index (χ0) is 20.2. The Bertz CT molecular complexity index is 983. The predicted molar refractivity (Wildman–Crippen MR) is 118 cm³/mol. The van der Waals surface area contributed by atoms with Crippen molar-refractivity contribution >= 4 is 17.7 Å². The van der Waals surface area contributed by atoms with E-state index in [1.807, 2.05) is 49.8 Å². The molecule has 29 heavy (non-hydrogen) atoms. The fourth-order valence-electron chi connectivity index (χ4n) is 3.64. The summed E-state index contributed by atoms with van der Waals surface area (Å²) in [5.41, 5.74) is 3.70. The normalized spacial score (nSPS) is 16.6. The van der Waals surface area contributed by atoms with E-state index in [2.05, 4.69) is 20.2 Å². The number of nitrogens with one attached hydrogen (secondary N) is 2. The van der Waals surface area contributed by atoms with Crippen LogP contribution in [0.3, 0.4) is 0 Å². The molecular weight excluding hydrogens is 384 g/mol. The summed E-state index contributed by atoms with van der Waals surface area (Å²) in [5.74, 6) is 1.46. The second-order valence-electron chi connectivity index (χ2n) is 7.04. The molecule has 0 saturated carbocycles. The van der Waals surface area contributed by atoms with Gasteiger partial charge in [-0.15, -0.1) is 0 Å². The lowest BCUT2D eigenvalue weighted by molar-refractivity contribution is 0.415. The van der Waals surface area contributed by atoms with Crippen LogP contribution in [0.15, 0.2) is 41.7 Å². The number of aromatic nitrogens is 4. The number of hydrogen-bond acceptors (Lipinski definition) is 7. The quantitative estimate of drug-likeness (QED) is 0.603. The second kappa shape index (κ2) is 8.84. The molecule has 8 heteroatoms. The minimum Gasteiger partial charge on any atom is -0.497 e. The molecule has 1 aliphatic heterocycles. The highest BCUT2D eigenvalue weighted by Crippen LogP contribution is 2.35. The molecule has 152 valence electrons. The van der Waals surface area contributed by atoms with E-state index in [9.17, 15) is 0 Å². The number of methoxy groups -OCH3 is 1. The first-order valence-electron chi connectivity index (χ1n) is 9.75. The van der Waals surface area contributed by atoms with Crippen molar-refractivity contribution in [3.8, 4) is 28.4 Å². The number of piperidine rings is 1. The van der Waals surface area contributed by atoms with Gasteiger partial charge in [-0.3, -0.25) is 0 Å². The second-order valence-corrected chi connectivity index (χ2v) is 7.81. The number of rotatable bonds is 6. The summed E-state index contributed by atoms with van der Waals surface area (Å²) in [7, 11) is 3.70. The third kappa shape index (κ3) is 4.23. The van der Waals surface area contributed by atoms with Gasteiger partial charge in [0.15, 0.2) is 5.16 Å². The van der Waals surface area contributed by atoms with Gasteiger partial charge in [0, 0.05) is 31.4 Å². The molecule has 7 nitrogen and oxygen atoms in total. The van der Waals surface area contributed by atoms with Gasteiger partial charge in [0.2, 0.25) is 5.95 Å². The molecule has 4 rings (SSSR count). The van der Waals surface area contributed by atoms with Gasteiger partial charge in [-0.2, -0.15) is 0 Å². The third-order valence-electron chi connectivity index (χ3n) is 5.11. The van der Waals surface area contributed by atoms with Crippen LogP contribution in [-0.2, 0) is 7.05 Å². The van der Waals surface area contributed by atoms with Crippen molar-refractivity contribution in [3.63, 3.8) is 0 Å². The molecule has 1 saturated heterocycles. The summed E-state index contributed by atoms with van der Waals surface area (Å²) in [6.07, 6.45) is 6.13. The first kappa shape index (κ1) is 19.7. The number of hydrogen-bond donors (Lipinski definition) is 2. The molecule has 0 bridgehead atoms. The number of benzene rings is 1. The van der Waals surface area contributed by atoms with Crippen LogP contribution < -0.4 is 15.4 Å². The van der Waals surface area contributed by atoms with Crippen LogP contribution in [-0.4, -0.2) is 52.0 Å². The van der Waals surface area contributed by atoms with E-state index in [0.29, 0.717) is 12.0 Å². The van der Waals surface area contributed by atoms with Crippen LogP contribution in [0, 0.1) is 0 Å².